The van der Waals surface area contributed by atoms with Crippen LogP contribution in [0.25, 0.3) is 0 Å². The van der Waals surface area contributed by atoms with Gasteiger partial charge in [0.15, 0.2) is 11.0 Å². The summed E-state index contributed by atoms with van der Waals surface area (Å²) in [6.07, 6.45) is 4.16. The first kappa shape index (κ1) is 18.0. The van der Waals surface area contributed by atoms with Crippen molar-refractivity contribution in [2.75, 3.05) is 13.1 Å². The Bertz CT molecular complexity index is 439. The van der Waals surface area contributed by atoms with Gasteiger partial charge >= 0.3 is 17.1 Å². The third-order valence-electron chi connectivity index (χ3n) is 4.62. The molecule has 0 radical (unpaired) electrons. The number of alkyl halides is 6. The molecular weight excluding hydrogens is 332 g/mol. The van der Waals surface area contributed by atoms with Crippen LogP contribution in [0.4, 0.5) is 26.3 Å². The minimum atomic E-state index is -5.66. The molecule has 1 aliphatic carbocycles. The Balaban J connectivity index is 2.13. The van der Waals surface area contributed by atoms with Crippen LogP contribution in [0.1, 0.15) is 39.0 Å². The highest BCUT2D eigenvalue weighted by molar-refractivity contribution is 7.83. The van der Waals surface area contributed by atoms with E-state index in [9.17, 15) is 30.6 Å². The summed E-state index contributed by atoms with van der Waals surface area (Å²) in [6, 6.07) is 0. The number of hydrogen-bond donors (Lipinski definition) is 0. The summed E-state index contributed by atoms with van der Waals surface area (Å²) in [6.45, 7) is -0.321. The van der Waals surface area contributed by atoms with E-state index in [1.807, 2.05) is 0 Å². The summed E-state index contributed by atoms with van der Waals surface area (Å²) in [5.41, 5.74) is 0. The van der Waals surface area contributed by atoms with Crippen LogP contribution < -0.4 is 0 Å². The average Bonchev–Trinajstić information content (AvgIpc) is 2.44. The van der Waals surface area contributed by atoms with E-state index < -0.39 is 28.1 Å². The van der Waals surface area contributed by atoms with Crippen molar-refractivity contribution in [3.05, 3.63) is 0 Å². The lowest BCUT2D eigenvalue weighted by Gasteiger charge is -2.42. The lowest BCUT2D eigenvalue weighted by atomic mass is 9.76. The molecule has 2 aliphatic rings. The molecule has 1 saturated carbocycles. The molecule has 2 rings (SSSR count). The van der Waals surface area contributed by atoms with Crippen LogP contribution in [0.2, 0.25) is 0 Å². The Morgan fingerprint density at radius 2 is 1.50 bits per heavy atom. The van der Waals surface area contributed by atoms with Crippen molar-refractivity contribution in [2.24, 2.45) is 11.8 Å². The maximum atomic E-state index is 13.7. The number of hydrogen-bond acceptors (Lipinski definition) is 1. The van der Waals surface area contributed by atoms with Gasteiger partial charge in [-0.05, 0) is 24.7 Å². The Labute approximate surface area is 127 Å². The highest BCUT2D eigenvalue weighted by Crippen LogP contribution is 2.48. The normalized spacial score (nSPS) is 30.0. The van der Waals surface area contributed by atoms with Crippen molar-refractivity contribution in [1.29, 1.82) is 0 Å². The zero-order chi connectivity index (χ0) is 16.8. The molecule has 1 aliphatic heterocycles. The first-order valence-electron chi connectivity index (χ1n) is 7.29. The van der Waals surface area contributed by atoms with E-state index in [1.54, 1.807) is 0 Å². The van der Waals surface area contributed by atoms with E-state index in [0.29, 0.717) is 12.3 Å². The van der Waals surface area contributed by atoms with Crippen molar-refractivity contribution in [3.63, 3.8) is 0 Å². The third-order valence-corrected chi connectivity index (χ3v) is 6.12. The second-order valence-corrected chi connectivity index (χ2v) is 7.74. The molecule has 0 aromatic rings. The van der Waals surface area contributed by atoms with Crippen molar-refractivity contribution < 1.29 is 30.6 Å². The van der Waals surface area contributed by atoms with Gasteiger partial charge in [-0.2, -0.15) is 26.3 Å². The largest absolute Gasteiger partial charge is 0.402 e. The second kappa shape index (κ2) is 5.96. The molecule has 3 atom stereocenters. The van der Waals surface area contributed by atoms with Crippen LogP contribution in [0.15, 0.2) is 0 Å². The van der Waals surface area contributed by atoms with Crippen LogP contribution >= 0.6 is 0 Å². The fourth-order valence-electron chi connectivity index (χ4n) is 3.25. The molecule has 0 aromatic carbocycles. The molecule has 22 heavy (non-hydrogen) atoms. The highest BCUT2D eigenvalue weighted by Gasteiger charge is 2.73. The van der Waals surface area contributed by atoms with E-state index >= 15 is 0 Å². The Morgan fingerprint density at radius 1 is 0.955 bits per heavy atom. The lowest BCUT2D eigenvalue weighted by molar-refractivity contribution is -0.271. The summed E-state index contributed by atoms with van der Waals surface area (Å²) < 4.78 is 92.3. The topological polar surface area (TPSA) is 20.3 Å². The lowest BCUT2D eigenvalue weighted by Crippen LogP contribution is -2.59. The van der Waals surface area contributed by atoms with Crippen LogP contribution in [-0.2, 0) is 11.0 Å². The van der Waals surface area contributed by atoms with Gasteiger partial charge in [-0.15, -0.1) is 0 Å². The van der Waals surface area contributed by atoms with Gasteiger partial charge in [0.05, 0.1) is 0 Å². The predicted octanol–water partition coefficient (Wildman–Crippen LogP) is 4.05. The zero-order valence-corrected chi connectivity index (χ0v) is 13.0. The number of rotatable bonds is 4. The smallest absolute Gasteiger partial charge is 0.236 e. The Kier molecular flexibility index (Phi) is 4.88. The van der Waals surface area contributed by atoms with Gasteiger partial charge < -0.3 is 0 Å². The minimum Gasteiger partial charge on any atom is -0.236 e. The van der Waals surface area contributed by atoms with Crippen LogP contribution in [0.3, 0.4) is 0 Å². The highest BCUT2D eigenvalue weighted by atomic mass is 32.2. The quantitative estimate of drug-likeness (QED) is 0.700. The maximum Gasteiger partial charge on any atom is 0.402 e. The Hall–Kier alpha value is -0.310. The standard InChI is InChI=1S/C13H19F6NOS/c1-11(14,15)12(16,17)13(18,19)22(21)20-7-6-9-4-2-3-5-10(9)8-20/h9-10H,2-8H2,1H3. The molecule has 1 saturated heterocycles. The zero-order valence-electron chi connectivity index (χ0n) is 12.1. The Morgan fingerprint density at radius 3 is 2.05 bits per heavy atom. The first-order chi connectivity index (χ1) is 9.98. The van der Waals surface area contributed by atoms with Gasteiger partial charge in [-0.3, -0.25) is 0 Å². The van der Waals surface area contributed by atoms with Crippen LogP contribution in [-0.4, -0.2) is 38.7 Å². The minimum absolute atomic E-state index is 0.00175. The van der Waals surface area contributed by atoms with E-state index in [-0.39, 0.29) is 25.9 Å². The van der Waals surface area contributed by atoms with E-state index in [1.165, 1.54) is 0 Å². The summed E-state index contributed by atoms with van der Waals surface area (Å²) in [4.78, 5) is 0. The van der Waals surface area contributed by atoms with Gasteiger partial charge in [0.2, 0.25) is 0 Å². The monoisotopic (exact) mass is 351 g/mol. The molecule has 2 fully saturated rings. The summed E-state index contributed by atoms with van der Waals surface area (Å²) in [5, 5.41) is -5.30. The van der Waals surface area contributed by atoms with Crippen LogP contribution in [0, 0.1) is 11.8 Å². The average molecular weight is 351 g/mol. The fraction of sp³-hybridized carbons (Fsp3) is 1.00. The van der Waals surface area contributed by atoms with Crippen molar-refractivity contribution >= 4 is 11.0 Å². The molecule has 0 spiro atoms. The molecule has 9 heteroatoms. The van der Waals surface area contributed by atoms with Gasteiger partial charge in [-0.1, -0.05) is 19.3 Å². The third kappa shape index (κ3) is 3.02. The first-order valence-corrected chi connectivity index (χ1v) is 8.39. The molecular formula is C13H19F6NOS. The van der Waals surface area contributed by atoms with Crippen molar-refractivity contribution in [1.82, 2.24) is 4.31 Å². The summed E-state index contributed by atoms with van der Waals surface area (Å²) in [7, 11) is -3.48. The maximum absolute atomic E-state index is 13.7. The second-order valence-electron chi connectivity index (χ2n) is 6.21. The number of halogens is 6. The molecule has 0 amide bonds. The predicted molar refractivity (Wildman–Crippen MR) is 70.3 cm³/mol. The van der Waals surface area contributed by atoms with Crippen molar-refractivity contribution in [3.8, 4) is 0 Å². The molecule has 2 nitrogen and oxygen atoms in total. The number of fused-ring (bicyclic) bond motifs is 1. The van der Waals surface area contributed by atoms with Gasteiger partial charge in [0.25, 0.3) is 0 Å². The summed E-state index contributed by atoms with van der Waals surface area (Å²) in [5.74, 6) is -10.3. The van der Waals surface area contributed by atoms with E-state index in [0.717, 1.165) is 30.0 Å². The molecule has 130 valence electrons. The number of piperidine rings is 1. The number of nitrogens with zero attached hydrogens (tertiary/aromatic N) is 1. The molecule has 3 unspecified atom stereocenters. The van der Waals surface area contributed by atoms with Gasteiger partial charge in [0, 0.05) is 20.0 Å². The van der Waals surface area contributed by atoms with Crippen molar-refractivity contribution in [2.45, 2.75) is 56.1 Å². The van der Waals surface area contributed by atoms with Gasteiger partial charge in [-0.25, -0.2) is 8.51 Å². The fourth-order valence-corrected chi connectivity index (χ4v) is 4.57. The SMILES string of the molecule is CC(F)(F)C(F)(F)C(F)(F)S(=O)N1CCC2CCCCC2C1. The van der Waals surface area contributed by atoms with Crippen LogP contribution in [0.5, 0.6) is 0 Å². The molecule has 1 heterocycles. The molecule has 0 bridgehead atoms. The summed E-state index contributed by atoms with van der Waals surface area (Å²) >= 11 is 0. The van der Waals surface area contributed by atoms with Gasteiger partial charge in [0.1, 0.15) is 0 Å². The molecule has 0 aromatic heterocycles. The molecule has 0 N–H and O–H groups in total. The van der Waals surface area contributed by atoms with E-state index in [4.69, 9.17) is 0 Å². The van der Waals surface area contributed by atoms with E-state index in [2.05, 4.69) is 0 Å².